The van der Waals surface area contributed by atoms with Gasteiger partial charge in [0.15, 0.2) is 0 Å². The van der Waals surface area contributed by atoms with E-state index in [1.165, 1.54) is 7.05 Å². The van der Waals surface area contributed by atoms with Gasteiger partial charge in [-0.1, -0.05) is 0 Å². The van der Waals surface area contributed by atoms with Crippen LogP contribution < -0.4 is 10.6 Å². The van der Waals surface area contributed by atoms with E-state index in [9.17, 15) is 9.59 Å². The predicted molar refractivity (Wildman–Crippen MR) is 74.1 cm³/mol. The zero-order chi connectivity index (χ0) is 15.1. The smallest absolute Gasteiger partial charge is 0.321 e. The Morgan fingerprint density at radius 1 is 1.10 bits per heavy atom. The van der Waals surface area contributed by atoms with Crippen LogP contribution in [-0.4, -0.2) is 30.4 Å². The van der Waals surface area contributed by atoms with E-state index in [0.29, 0.717) is 13.1 Å². The van der Waals surface area contributed by atoms with Gasteiger partial charge in [-0.15, -0.1) is 0 Å². The molecule has 0 aliphatic carbocycles. The predicted octanol–water partition coefficient (Wildman–Crippen LogP) is 1.33. The van der Waals surface area contributed by atoms with Gasteiger partial charge in [-0.25, -0.2) is 4.79 Å². The summed E-state index contributed by atoms with van der Waals surface area (Å²) < 4.78 is 10.6. The second-order valence-corrected chi connectivity index (χ2v) is 4.43. The Bertz CT molecular complexity index is 527. The molecule has 0 spiro atoms. The molecule has 0 aliphatic rings. The highest BCUT2D eigenvalue weighted by Crippen LogP contribution is 2.10. The third-order valence-electron chi connectivity index (χ3n) is 2.77. The van der Waals surface area contributed by atoms with Crippen molar-refractivity contribution in [1.29, 1.82) is 0 Å². The van der Waals surface area contributed by atoms with E-state index in [1.807, 2.05) is 17.0 Å². The lowest BCUT2D eigenvalue weighted by Gasteiger charge is -2.19. The summed E-state index contributed by atoms with van der Waals surface area (Å²) in [6.45, 7) is 0.929. The summed E-state index contributed by atoms with van der Waals surface area (Å²) >= 11 is 0. The average Bonchev–Trinajstić information content (AvgIpc) is 3.11. The highest BCUT2D eigenvalue weighted by atomic mass is 16.3. The summed E-state index contributed by atoms with van der Waals surface area (Å²) in [5.41, 5.74) is 0. The van der Waals surface area contributed by atoms with Crippen LogP contribution in [0.5, 0.6) is 0 Å². The monoisotopic (exact) mass is 291 g/mol. The molecule has 0 aromatic carbocycles. The van der Waals surface area contributed by atoms with Crippen LogP contribution in [0.1, 0.15) is 11.5 Å². The first-order valence-corrected chi connectivity index (χ1v) is 6.46. The Balaban J connectivity index is 1.97. The molecule has 112 valence electrons. The lowest BCUT2D eigenvalue weighted by atomic mass is 10.3. The van der Waals surface area contributed by atoms with E-state index >= 15 is 0 Å². The van der Waals surface area contributed by atoms with E-state index in [-0.39, 0.29) is 6.54 Å². The number of hydrogen-bond acceptors (Lipinski definition) is 5. The van der Waals surface area contributed by atoms with Crippen LogP contribution >= 0.6 is 0 Å². The van der Waals surface area contributed by atoms with Gasteiger partial charge in [-0.3, -0.25) is 15.0 Å². The van der Waals surface area contributed by atoms with Gasteiger partial charge in [-0.05, 0) is 24.3 Å². The van der Waals surface area contributed by atoms with E-state index < -0.39 is 11.9 Å². The number of rotatable bonds is 6. The number of carbonyl (C=O) groups excluding carboxylic acids is 2. The van der Waals surface area contributed by atoms with Gasteiger partial charge >= 0.3 is 6.03 Å². The first-order chi connectivity index (χ1) is 10.2. The van der Waals surface area contributed by atoms with E-state index in [0.717, 1.165) is 11.5 Å². The number of nitrogens with zero attached hydrogens (tertiary/aromatic N) is 1. The van der Waals surface area contributed by atoms with Crippen LogP contribution in [0.2, 0.25) is 0 Å². The van der Waals surface area contributed by atoms with Gasteiger partial charge in [-0.2, -0.15) is 0 Å². The zero-order valence-electron chi connectivity index (χ0n) is 11.7. The van der Waals surface area contributed by atoms with E-state index in [1.54, 1.807) is 24.7 Å². The third-order valence-corrected chi connectivity index (χ3v) is 2.77. The van der Waals surface area contributed by atoms with Crippen molar-refractivity contribution in [3.05, 3.63) is 48.3 Å². The minimum Gasteiger partial charge on any atom is -0.468 e. The van der Waals surface area contributed by atoms with Crippen molar-refractivity contribution in [2.24, 2.45) is 0 Å². The summed E-state index contributed by atoms with van der Waals surface area (Å²) in [5, 5.41) is 4.56. The standard InChI is InChI=1S/C14H17N3O4/c1-15-14(19)16-13(18)10-17(8-11-4-2-6-20-11)9-12-5-3-7-21-12/h2-7H,8-10H2,1H3,(H2,15,16,18,19). The zero-order valence-corrected chi connectivity index (χ0v) is 11.7. The number of hydrogen-bond donors (Lipinski definition) is 2. The fourth-order valence-electron chi connectivity index (χ4n) is 1.85. The Kier molecular flexibility index (Phi) is 5.16. The number of imide groups is 1. The van der Waals surface area contributed by atoms with Crippen molar-refractivity contribution in [3.8, 4) is 0 Å². The number of furan rings is 2. The van der Waals surface area contributed by atoms with Gasteiger partial charge in [0.2, 0.25) is 5.91 Å². The molecule has 0 saturated heterocycles. The molecule has 0 atom stereocenters. The molecule has 0 unspecified atom stereocenters. The van der Waals surface area contributed by atoms with Crippen LogP contribution in [0.4, 0.5) is 4.79 Å². The molecule has 2 rings (SSSR count). The Labute approximate surface area is 121 Å². The molecule has 0 bridgehead atoms. The largest absolute Gasteiger partial charge is 0.468 e. The molecule has 7 heteroatoms. The van der Waals surface area contributed by atoms with Crippen molar-refractivity contribution < 1.29 is 18.4 Å². The number of nitrogens with one attached hydrogen (secondary N) is 2. The highest BCUT2D eigenvalue weighted by Gasteiger charge is 2.15. The molecular weight excluding hydrogens is 274 g/mol. The van der Waals surface area contributed by atoms with Crippen LogP contribution in [0.15, 0.2) is 45.6 Å². The third kappa shape index (κ3) is 4.81. The molecule has 0 radical (unpaired) electrons. The molecule has 0 fully saturated rings. The SMILES string of the molecule is CNC(=O)NC(=O)CN(Cc1ccco1)Cc1ccco1. The second-order valence-electron chi connectivity index (χ2n) is 4.43. The normalized spacial score (nSPS) is 10.6. The summed E-state index contributed by atoms with van der Waals surface area (Å²) in [7, 11) is 1.45. The molecule has 2 N–H and O–H groups in total. The van der Waals surface area contributed by atoms with Gasteiger partial charge in [0.1, 0.15) is 11.5 Å². The van der Waals surface area contributed by atoms with E-state index in [2.05, 4.69) is 10.6 Å². The van der Waals surface area contributed by atoms with Crippen molar-refractivity contribution in [2.75, 3.05) is 13.6 Å². The number of amides is 3. The first-order valence-electron chi connectivity index (χ1n) is 6.46. The lowest BCUT2D eigenvalue weighted by molar-refractivity contribution is -0.121. The van der Waals surface area contributed by atoms with Crippen LogP contribution in [0, 0.1) is 0 Å². The lowest BCUT2D eigenvalue weighted by Crippen LogP contribution is -2.43. The molecule has 2 heterocycles. The van der Waals surface area contributed by atoms with Crippen LogP contribution in [-0.2, 0) is 17.9 Å². The summed E-state index contributed by atoms with van der Waals surface area (Å²) in [6.07, 6.45) is 3.15. The van der Waals surface area contributed by atoms with Crippen LogP contribution in [0.3, 0.4) is 0 Å². The average molecular weight is 291 g/mol. The molecule has 0 aliphatic heterocycles. The second kappa shape index (κ2) is 7.30. The number of urea groups is 1. The van der Waals surface area contributed by atoms with Crippen LogP contribution in [0.25, 0.3) is 0 Å². The quantitative estimate of drug-likeness (QED) is 0.838. The maximum Gasteiger partial charge on any atom is 0.321 e. The maximum absolute atomic E-state index is 11.8. The van der Waals surface area contributed by atoms with Crippen molar-refractivity contribution in [1.82, 2.24) is 15.5 Å². The topological polar surface area (TPSA) is 87.7 Å². The Morgan fingerprint density at radius 2 is 1.67 bits per heavy atom. The Hall–Kier alpha value is -2.54. The molecule has 2 aromatic rings. The fourth-order valence-corrected chi connectivity index (χ4v) is 1.85. The molecular formula is C14H17N3O4. The molecule has 0 saturated carbocycles. The summed E-state index contributed by atoms with van der Waals surface area (Å²) in [4.78, 5) is 24.8. The van der Waals surface area contributed by atoms with Gasteiger partial charge in [0.25, 0.3) is 0 Å². The van der Waals surface area contributed by atoms with Gasteiger partial charge < -0.3 is 14.2 Å². The molecule has 3 amide bonds. The van der Waals surface area contributed by atoms with Crippen molar-refractivity contribution in [3.63, 3.8) is 0 Å². The van der Waals surface area contributed by atoms with Gasteiger partial charge in [0.05, 0.1) is 32.2 Å². The van der Waals surface area contributed by atoms with Gasteiger partial charge in [0, 0.05) is 7.05 Å². The fraction of sp³-hybridized carbons (Fsp3) is 0.286. The number of carbonyl (C=O) groups is 2. The summed E-state index contributed by atoms with van der Waals surface area (Å²) in [6, 6.07) is 6.68. The minimum absolute atomic E-state index is 0.0504. The molecule has 2 aromatic heterocycles. The maximum atomic E-state index is 11.8. The van der Waals surface area contributed by atoms with E-state index in [4.69, 9.17) is 8.83 Å². The van der Waals surface area contributed by atoms with Crippen molar-refractivity contribution >= 4 is 11.9 Å². The first kappa shape index (κ1) is 14.9. The summed E-state index contributed by atoms with van der Waals surface area (Å²) in [5.74, 6) is 1.07. The molecule has 7 nitrogen and oxygen atoms in total. The minimum atomic E-state index is -0.532. The Morgan fingerprint density at radius 3 is 2.10 bits per heavy atom. The molecule has 21 heavy (non-hydrogen) atoms. The van der Waals surface area contributed by atoms with Crippen molar-refractivity contribution in [2.45, 2.75) is 13.1 Å². The highest BCUT2D eigenvalue weighted by molar-refractivity contribution is 5.95.